The zero-order valence-electron chi connectivity index (χ0n) is 15.6. The van der Waals surface area contributed by atoms with Crippen LogP contribution in [0.1, 0.15) is 22.8 Å². The van der Waals surface area contributed by atoms with Crippen molar-refractivity contribution >= 4 is 5.96 Å². The number of aromatic nitrogens is 5. The summed E-state index contributed by atoms with van der Waals surface area (Å²) >= 11 is 0. The fourth-order valence-corrected chi connectivity index (χ4v) is 2.81. The summed E-state index contributed by atoms with van der Waals surface area (Å²) in [7, 11) is 3.70. The summed E-state index contributed by atoms with van der Waals surface area (Å²) < 4.78 is 3.85. The summed E-state index contributed by atoms with van der Waals surface area (Å²) in [6, 6.07) is 10.0. The van der Waals surface area contributed by atoms with Crippen LogP contribution in [0.5, 0.6) is 0 Å². The van der Waals surface area contributed by atoms with Crippen molar-refractivity contribution in [3.63, 3.8) is 0 Å². The molecule has 1 aromatic carbocycles. The third-order valence-electron chi connectivity index (χ3n) is 4.38. The van der Waals surface area contributed by atoms with Crippen LogP contribution in [0.25, 0.3) is 5.69 Å². The van der Waals surface area contributed by atoms with Gasteiger partial charge in [0.1, 0.15) is 6.33 Å². The molecule has 2 aromatic heterocycles. The Bertz CT molecular complexity index is 891. The SMILES string of the molecule is CN=C(NCc1c(C)nn(C)c1C)NCc1nncn1-c1ccccc1. The van der Waals surface area contributed by atoms with Crippen LogP contribution in [0.3, 0.4) is 0 Å². The van der Waals surface area contributed by atoms with Crippen LogP contribution in [0.15, 0.2) is 41.7 Å². The monoisotopic (exact) mass is 352 g/mol. The Morgan fingerprint density at radius 1 is 1.12 bits per heavy atom. The standard InChI is InChI=1S/C18H24N8/c1-13-16(14(2)25(4)24-13)10-20-18(19-3)21-11-17-23-22-12-26(17)15-8-6-5-7-9-15/h5-9,12H,10-11H2,1-4H3,(H2,19,20,21). The smallest absolute Gasteiger partial charge is 0.191 e. The van der Waals surface area contributed by atoms with Gasteiger partial charge in [-0.1, -0.05) is 18.2 Å². The molecule has 0 saturated carbocycles. The molecule has 0 radical (unpaired) electrons. The Hall–Kier alpha value is -3.16. The van der Waals surface area contributed by atoms with Crippen LogP contribution >= 0.6 is 0 Å². The first-order valence-corrected chi connectivity index (χ1v) is 8.48. The number of benzene rings is 1. The minimum Gasteiger partial charge on any atom is -0.352 e. The number of para-hydroxylation sites is 1. The number of hydrogen-bond acceptors (Lipinski definition) is 4. The van der Waals surface area contributed by atoms with Crippen LogP contribution in [-0.2, 0) is 20.1 Å². The van der Waals surface area contributed by atoms with Crippen molar-refractivity contribution in [3.05, 3.63) is 59.4 Å². The first-order chi connectivity index (χ1) is 12.6. The highest BCUT2D eigenvalue weighted by molar-refractivity contribution is 5.79. The van der Waals surface area contributed by atoms with Gasteiger partial charge in [0, 0.05) is 37.6 Å². The lowest BCUT2D eigenvalue weighted by Crippen LogP contribution is -2.37. The molecule has 0 aliphatic carbocycles. The van der Waals surface area contributed by atoms with Gasteiger partial charge in [-0.15, -0.1) is 10.2 Å². The number of nitrogens with zero attached hydrogens (tertiary/aromatic N) is 6. The van der Waals surface area contributed by atoms with E-state index in [0.717, 1.165) is 22.9 Å². The van der Waals surface area contributed by atoms with Crippen LogP contribution in [0, 0.1) is 13.8 Å². The minimum atomic E-state index is 0.513. The van der Waals surface area contributed by atoms with Crippen molar-refractivity contribution in [1.82, 2.24) is 35.2 Å². The van der Waals surface area contributed by atoms with Crippen molar-refractivity contribution in [1.29, 1.82) is 0 Å². The maximum absolute atomic E-state index is 4.44. The van der Waals surface area contributed by atoms with Crippen molar-refractivity contribution < 1.29 is 0 Å². The van der Waals surface area contributed by atoms with Gasteiger partial charge in [0.25, 0.3) is 0 Å². The molecule has 0 atom stereocenters. The van der Waals surface area contributed by atoms with Gasteiger partial charge in [-0.3, -0.25) is 14.2 Å². The molecule has 3 rings (SSSR count). The fourth-order valence-electron chi connectivity index (χ4n) is 2.81. The minimum absolute atomic E-state index is 0.513. The summed E-state index contributed by atoms with van der Waals surface area (Å²) in [5.74, 6) is 1.52. The zero-order chi connectivity index (χ0) is 18.5. The van der Waals surface area contributed by atoms with Gasteiger partial charge >= 0.3 is 0 Å². The molecule has 0 unspecified atom stereocenters. The predicted molar refractivity (Wildman–Crippen MR) is 101 cm³/mol. The normalized spacial score (nSPS) is 11.6. The Balaban J connectivity index is 1.63. The molecule has 8 heteroatoms. The van der Waals surface area contributed by atoms with E-state index >= 15 is 0 Å². The van der Waals surface area contributed by atoms with E-state index in [0.29, 0.717) is 19.0 Å². The van der Waals surface area contributed by atoms with E-state index in [2.05, 4.69) is 37.8 Å². The van der Waals surface area contributed by atoms with Gasteiger partial charge in [-0.05, 0) is 26.0 Å². The Labute approximate surface area is 153 Å². The van der Waals surface area contributed by atoms with E-state index in [9.17, 15) is 0 Å². The summed E-state index contributed by atoms with van der Waals surface area (Å²) in [5, 5.41) is 19.3. The lowest BCUT2D eigenvalue weighted by Gasteiger charge is -2.12. The Kier molecular flexibility index (Phi) is 5.31. The molecule has 8 nitrogen and oxygen atoms in total. The molecule has 0 fully saturated rings. The number of rotatable bonds is 5. The summed E-state index contributed by atoms with van der Waals surface area (Å²) in [6.07, 6.45) is 1.71. The van der Waals surface area contributed by atoms with E-state index in [-0.39, 0.29) is 0 Å². The topological polar surface area (TPSA) is 84.9 Å². The molecular formula is C18H24N8. The number of nitrogens with one attached hydrogen (secondary N) is 2. The van der Waals surface area contributed by atoms with Crippen molar-refractivity contribution in [3.8, 4) is 5.69 Å². The molecule has 2 heterocycles. The molecule has 136 valence electrons. The fraction of sp³-hybridized carbons (Fsp3) is 0.333. The van der Waals surface area contributed by atoms with Crippen LogP contribution < -0.4 is 10.6 Å². The third kappa shape index (κ3) is 3.74. The average molecular weight is 352 g/mol. The average Bonchev–Trinajstić information content (AvgIpc) is 3.21. The highest BCUT2D eigenvalue weighted by atomic mass is 15.3. The molecule has 0 bridgehead atoms. The number of aryl methyl sites for hydroxylation is 2. The summed E-state index contributed by atoms with van der Waals surface area (Å²) in [4.78, 5) is 4.28. The van der Waals surface area contributed by atoms with E-state index in [1.54, 1.807) is 13.4 Å². The highest BCUT2D eigenvalue weighted by Gasteiger charge is 2.11. The zero-order valence-corrected chi connectivity index (χ0v) is 15.6. The maximum Gasteiger partial charge on any atom is 0.191 e. The van der Waals surface area contributed by atoms with E-state index in [1.165, 1.54) is 5.56 Å². The lowest BCUT2D eigenvalue weighted by atomic mass is 10.2. The second-order valence-corrected chi connectivity index (χ2v) is 6.01. The molecule has 0 aliphatic heterocycles. The quantitative estimate of drug-likeness (QED) is 0.537. The summed E-state index contributed by atoms with van der Waals surface area (Å²) in [5.41, 5.74) is 4.38. The molecular weight excluding hydrogens is 328 g/mol. The van der Waals surface area contributed by atoms with Crippen molar-refractivity contribution in [2.75, 3.05) is 7.05 Å². The molecule has 0 saturated heterocycles. The number of aliphatic imine (C=N–C) groups is 1. The van der Waals surface area contributed by atoms with Gasteiger partial charge in [-0.25, -0.2) is 0 Å². The number of guanidine groups is 1. The molecule has 0 spiro atoms. The third-order valence-corrected chi connectivity index (χ3v) is 4.38. The molecule has 26 heavy (non-hydrogen) atoms. The van der Waals surface area contributed by atoms with Gasteiger partial charge in [0.15, 0.2) is 11.8 Å². The van der Waals surface area contributed by atoms with Gasteiger partial charge in [0.2, 0.25) is 0 Å². The van der Waals surface area contributed by atoms with Gasteiger partial charge in [-0.2, -0.15) is 5.10 Å². The van der Waals surface area contributed by atoms with Crippen molar-refractivity contribution in [2.45, 2.75) is 26.9 Å². The number of hydrogen-bond donors (Lipinski definition) is 2. The second-order valence-electron chi connectivity index (χ2n) is 6.01. The van der Waals surface area contributed by atoms with Gasteiger partial charge in [0.05, 0.1) is 12.2 Å². The molecule has 2 N–H and O–H groups in total. The maximum atomic E-state index is 4.44. The first-order valence-electron chi connectivity index (χ1n) is 8.48. The van der Waals surface area contributed by atoms with Crippen molar-refractivity contribution in [2.24, 2.45) is 12.0 Å². The molecule has 0 amide bonds. The van der Waals surface area contributed by atoms with Crippen LogP contribution in [0.2, 0.25) is 0 Å². The Morgan fingerprint density at radius 2 is 1.85 bits per heavy atom. The van der Waals surface area contributed by atoms with E-state index in [4.69, 9.17) is 0 Å². The molecule has 3 aromatic rings. The van der Waals surface area contributed by atoms with Crippen LogP contribution in [-0.4, -0.2) is 37.6 Å². The first kappa shape index (κ1) is 17.7. The van der Waals surface area contributed by atoms with Crippen LogP contribution in [0.4, 0.5) is 0 Å². The largest absolute Gasteiger partial charge is 0.352 e. The second kappa shape index (κ2) is 7.81. The highest BCUT2D eigenvalue weighted by Crippen LogP contribution is 2.11. The van der Waals surface area contributed by atoms with E-state index in [1.807, 2.05) is 53.6 Å². The Morgan fingerprint density at radius 3 is 2.50 bits per heavy atom. The summed E-state index contributed by atoms with van der Waals surface area (Å²) in [6.45, 7) is 5.26. The van der Waals surface area contributed by atoms with Gasteiger partial charge < -0.3 is 10.6 Å². The predicted octanol–water partition coefficient (Wildman–Crippen LogP) is 1.48. The molecule has 0 aliphatic rings. The lowest BCUT2D eigenvalue weighted by molar-refractivity contribution is 0.727. The van der Waals surface area contributed by atoms with E-state index < -0.39 is 0 Å².